The van der Waals surface area contributed by atoms with Crippen molar-refractivity contribution in [3.05, 3.63) is 0 Å². The van der Waals surface area contributed by atoms with Gasteiger partial charge >= 0.3 is 39.1 Å². The molecule has 0 bridgehead atoms. The second kappa shape index (κ2) is 57.7. The second-order valence-corrected chi connectivity index (χ2v) is 36.0. The van der Waals surface area contributed by atoms with Crippen LogP contribution in [-0.4, -0.2) is 339 Å². The molecule has 24 atom stereocenters. The first-order valence-electron chi connectivity index (χ1n) is 39.3. The van der Waals surface area contributed by atoms with Crippen LogP contribution >= 0.6 is 39.1 Å². The Labute approximate surface area is 677 Å². The molecule has 44 nitrogen and oxygen atoms in total. The first kappa shape index (κ1) is 107. The standard InChI is InChI=1S/C67H132NO43P5/c1-6-52-53(34-47(2)107-52)111-116(88,89)106-46-94-40-51(35-69)39-93-45-105-115(86,87)104-44-67(41-90-22-19-31-101-112(80,81)98-28-16-10-7-13-25-95-64-48(3)58(74)60(76)54(36-70)108-64,42-91-23-20-32-102-113(82,83)99-29-17-11-8-14-26-96-65-49(4)59(75)61(77)55(37-71)109-65)43-92-24-21-33-103-114(84,85)100-30-18-12-9-15-27-97-66-57(68-50(5)73)63(79)62(78)56(38-72)110-66/h47-49,51-66,69-72,74-79H,6-46H2,1-5H3,(H,68,73)(H,80,81)(H,82,83)(H,84,85)(H,86,87)(H,88,89)/t47-,48?,49?,51?,52+,53-,54?,55?,56?,57?,58+,59+,60-,61-,62-,63+,64+,65+,66+,67?/m0/s1. The highest BCUT2D eigenvalue weighted by molar-refractivity contribution is 7.48. The second-order valence-electron chi connectivity index (χ2n) is 28.8. The van der Waals surface area contributed by atoms with Gasteiger partial charge in [-0.2, -0.15) is 0 Å². The van der Waals surface area contributed by atoms with Gasteiger partial charge in [-0.15, -0.1) is 0 Å². The number of rotatable bonds is 69. The minimum absolute atomic E-state index is 0.0267. The summed E-state index contributed by atoms with van der Waals surface area (Å²) in [5.74, 6) is -2.45. The summed E-state index contributed by atoms with van der Waals surface area (Å²) in [4.78, 5) is 64.5. The molecule has 4 aliphatic rings. The van der Waals surface area contributed by atoms with Crippen LogP contribution in [0.1, 0.15) is 144 Å². The fourth-order valence-electron chi connectivity index (χ4n) is 12.1. The monoisotopic (exact) mass is 1790 g/mol. The Morgan fingerprint density at radius 1 is 0.405 bits per heavy atom. The van der Waals surface area contributed by atoms with E-state index < -0.39 is 227 Å². The Morgan fingerprint density at radius 2 is 0.750 bits per heavy atom. The normalized spacial score (nSPS) is 30.1. The van der Waals surface area contributed by atoms with Crippen molar-refractivity contribution in [3.8, 4) is 0 Å². The maximum atomic E-state index is 13.6. The van der Waals surface area contributed by atoms with Crippen molar-refractivity contribution in [3.63, 3.8) is 0 Å². The maximum absolute atomic E-state index is 13.6. The zero-order valence-electron chi connectivity index (χ0n) is 66.8. The number of carbonyl (C=O) groups is 1. The van der Waals surface area contributed by atoms with Gasteiger partial charge in [0.05, 0.1) is 142 Å². The molecule has 4 heterocycles. The number of aliphatic hydroxyl groups excluding tert-OH is 10. The third-order valence-electron chi connectivity index (χ3n) is 18.8. The Hall–Kier alpha value is -0.860. The van der Waals surface area contributed by atoms with Crippen LogP contribution in [0.15, 0.2) is 0 Å². The predicted octanol–water partition coefficient (Wildman–Crippen LogP) is 2.20. The molecule has 0 aromatic rings. The molecule has 0 saturated carbocycles. The summed E-state index contributed by atoms with van der Waals surface area (Å²) in [7, 11) is -23.5. The van der Waals surface area contributed by atoms with Crippen molar-refractivity contribution in [2.45, 2.75) is 242 Å². The lowest BCUT2D eigenvalue weighted by Crippen LogP contribution is -2.64. The van der Waals surface area contributed by atoms with E-state index >= 15 is 0 Å². The molecule has 4 rings (SSSR count). The summed E-state index contributed by atoms with van der Waals surface area (Å²) in [5, 5.41) is 103. The van der Waals surface area contributed by atoms with Gasteiger partial charge in [-0.3, -0.25) is 50.0 Å². The van der Waals surface area contributed by atoms with Crippen molar-refractivity contribution < 1.29 is 205 Å². The SMILES string of the molecule is CC[C@H]1O[C@@H](C)C[C@@H]1OP(=O)(O)OCOCC(CO)COCOP(=O)(O)OCC(COCCCOP(=O)(O)OCCCCCCO[C@@H]1OC(CO)[C@H](O)[C@H](O)C1C)(COCCCOP(=O)(O)OCCCCCCO[C@@H]1OC(CO)[C@H](O)[C@H](O)C1C)COCCCOP(=O)(O)OCCCCCCO[C@@H]1OC(CO)[C@H](O)[C@H](O)C1NC(C)=O. The van der Waals surface area contributed by atoms with Gasteiger partial charge < -0.3 is 138 Å². The Kier molecular flexibility index (Phi) is 53.5. The summed E-state index contributed by atoms with van der Waals surface area (Å²) in [5.41, 5.74) is -1.58. The van der Waals surface area contributed by atoms with E-state index in [1.54, 1.807) is 20.8 Å². The first-order chi connectivity index (χ1) is 55.1. The van der Waals surface area contributed by atoms with E-state index in [4.69, 9.17) is 102 Å². The van der Waals surface area contributed by atoms with Crippen LogP contribution in [0, 0.1) is 23.2 Å². The van der Waals surface area contributed by atoms with Crippen molar-refractivity contribution in [2.24, 2.45) is 23.2 Å². The van der Waals surface area contributed by atoms with E-state index in [2.05, 4.69) is 5.32 Å². The van der Waals surface area contributed by atoms with E-state index in [0.29, 0.717) is 89.9 Å². The summed E-state index contributed by atoms with van der Waals surface area (Å²) < 4.78 is 185. The highest BCUT2D eigenvalue weighted by Crippen LogP contribution is 2.49. The van der Waals surface area contributed by atoms with Gasteiger partial charge in [0.15, 0.2) is 32.5 Å². The molecule has 49 heteroatoms. The lowest BCUT2D eigenvalue weighted by Gasteiger charge is -2.42. The number of hydrogen-bond donors (Lipinski definition) is 16. The van der Waals surface area contributed by atoms with Crippen molar-refractivity contribution in [2.75, 3.05) is 159 Å². The number of phosphoric acid groups is 5. The largest absolute Gasteiger partial charge is 0.474 e. The van der Waals surface area contributed by atoms with Crippen molar-refractivity contribution >= 4 is 45.0 Å². The number of phosphoric ester groups is 5. The fourth-order valence-corrected chi connectivity index (χ4v) is 16.1. The van der Waals surface area contributed by atoms with Crippen LogP contribution in [0.5, 0.6) is 0 Å². The lowest BCUT2D eigenvalue weighted by molar-refractivity contribution is -0.282. The topological polar surface area (TPSA) is 621 Å². The average molecular weight is 1790 g/mol. The van der Waals surface area contributed by atoms with Crippen LogP contribution in [0.25, 0.3) is 0 Å². The highest BCUT2D eigenvalue weighted by Gasteiger charge is 2.47. The molecule has 16 N–H and O–H groups in total. The molecular formula is C67H132NO43P5. The predicted molar refractivity (Wildman–Crippen MR) is 401 cm³/mol. The molecule has 688 valence electrons. The van der Waals surface area contributed by atoms with Crippen LogP contribution in [0.3, 0.4) is 0 Å². The minimum atomic E-state index is -5.11. The summed E-state index contributed by atoms with van der Waals surface area (Å²) >= 11 is 0. The zero-order chi connectivity index (χ0) is 85.8. The van der Waals surface area contributed by atoms with Crippen LogP contribution < -0.4 is 5.32 Å². The Balaban J connectivity index is 1.34. The summed E-state index contributed by atoms with van der Waals surface area (Å²) in [6, 6.07) is -1.11. The number of hydrogen-bond acceptors (Lipinski definition) is 38. The molecule has 0 spiro atoms. The average Bonchev–Trinajstić information content (AvgIpc) is 1.05. The Morgan fingerprint density at radius 3 is 1.12 bits per heavy atom. The van der Waals surface area contributed by atoms with Gasteiger partial charge in [0.1, 0.15) is 48.8 Å². The van der Waals surface area contributed by atoms with E-state index in [9.17, 15) is 103 Å². The van der Waals surface area contributed by atoms with Gasteiger partial charge in [0, 0.05) is 70.7 Å². The molecule has 0 aromatic heterocycles. The first-order valence-corrected chi connectivity index (χ1v) is 46.8. The maximum Gasteiger partial charge on any atom is 0.474 e. The van der Waals surface area contributed by atoms with Gasteiger partial charge in [-0.05, 0) is 71.1 Å². The van der Waals surface area contributed by atoms with E-state index in [0.717, 1.165) is 0 Å². The fraction of sp³-hybridized carbons (Fsp3) is 0.985. The molecule has 4 fully saturated rings. The third kappa shape index (κ3) is 42.9. The number of aliphatic hydroxyl groups is 10. The number of carbonyl (C=O) groups excluding carboxylic acids is 1. The number of amides is 1. The van der Waals surface area contributed by atoms with E-state index in [-0.39, 0.29) is 118 Å². The molecule has 0 aromatic carbocycles. The lowest BCUT2D eigenvalue weighted by atomic mass is 9.92. The number of unbranched alkanes of at least 4 members (excludes halogenated alkanes) is 9. The third-order valence-corrected chi connectivity index (χ3v) is 23.7. The highest BCUT2D eigenvalue weighted by atomic mass is 31.2. The zero-order valence-corrected chi connectivity index (χ0v) is 71.3. The number of nitrogens with one attached hydrogen (secondary N) is 1. The van der Waals surface area contributed by atoms with Crippen LogP contribution in [-0.2, 0) is 130 Å². The summed E-state index contributed by atoms with van der Waals surface area (Å²) in [6.45, 7) is 0.124. The van der Waals surface area contributed by atoms with Crippen LogP contribution in [0.2, 0.25) is 0 Å². The Bertz CT molecular complexity index is 2770. The van der Waals surface area contributed by atoms with Crippen molar-refractivity contribution in [1.29, 1.82) is 0 Å². The van der Waals surface area contributed by atoms with E-state index in [1.807, 2.05) is 6.92 Å². The minimum Gasteiger partial charge on any atom is -0.396 e. The van der Waals surface area contributed by atoms with Gasteiger partial charge in [0.2, 0.25) is 5.91 Å². The molecule has 0 aliphatic carbocycles. The molecular weight excluding hydrogens is 1660 g/mol. The molecule has 1 amide bonds. The summed E-state index contributed by atoms with van der Waals surface area (Å²) in [6.07, 6.45) is -8.35. The molecule has 4 aliphatic heterocycles. The van der Waals surface area contributed by atoms with Gasteiger partial charge in [-0.25, -0.2) is 22.8 Å². The molecule has 12 unspecified atom stereocenters. The van der Waals surface area contributed by atoms with Gasteiger partial charge in [0.25, 0.3) is 0 Å². The van der Waals surface area contributed by atoms with Crippen LogP contribution in [0.4, 0.5) is 0 Å². The molecule has 4 saturated heterocycles. The molecule has 0 radical (unpaired) electrons. The smallest absolute Gasteiger partial charge is 0.396 e. The molecule has 116 heavy (non-hydrogen) atoms. The van der Waals surface area contributed by atoms with Gasteiger partial charge in [-0.1, -0.05) is 59.3 Å². The quantitative estimate of drug-likeness (QED) is 0.0236. The number of ether oxygens (including phenoxy) is 12. The van der Waals surface area contributed by atoms with Crippen molar-refractivity contribution in [1.82, 2.24) is 5.32 Å². The van der Waals surface area contributed by atoms with E-state index in [1.165, 1.54) is 6.92 Å².